The Morgan fingerprint density at radius 3 is 2.63 bits per heavy atom. The zero-order valence-electron chi connectivity index (χ0n) is 16.1. The van der Waals surface area contributed by atoms with E-state index in [2.05, 4.69) is 9.44 Å². The Bertz CT molecular complexity index is 1170. The second-order valence-electron chi connectivity index (χ2n) is 6.65. The van der Waals surface area contributed by atoms with Crippen LogP contribution in [0.2, 0.25) is 0 Å². The Labute approximate surface area is 173 Å². The number of hydroxylamine groups is 2. The van der Waals surface area contributed by atoms with Crippen LogP contribution in [0.25, 0.3) is 5.57 Å². The molecule has 2 aromatic carbocycles. The molecule has 0 fully saturated rings. The maximum atomic E-state index is 12.8. The lowest BCUT2D eigenvalue weighted by Crippen LogP contribution is -2.42. The van der Waals surface area contributed by atoms with Crippen LogP contribution in [0.1, 0.15) is 33.5 Å². The standard InChI is InChI=1S/C20H20N4O5S/c1-30(27,28)29-24(20(21)22)19(25)15-7-4-6-14(11-15)18-16(12-23-26)10-9-13-5-2-3-8-17(13)18/h2-8,11-12,26H,9-10H2,1H3,(H3,21,22)/b23-12+. The Hall–Kier alpha value is -3.50. The van der Waals surface area contributed by atoms with Crippen molar-refractivity contribution in [2.24, 2.45) is 10.9 Å². The molecule has 0 saturated carbocycles. The molecule has 0 atom stereocenters. The van der Waals surface area contributed by atoms with E-state index >= 15 is 0 Å². The number of guanidine groups is 1. The van der Waals surface area contributed by atoms with Crippen LogP contribution >= 0.6 is 0 Å². The Kier molecular flexibility index (Phi) is 5.99. The van der Waals surface area contributed by atoms with Crippen LogP contribution in [-0.4, -0.2) is 43.0 Å². The third-order valence-corrected chi connectivity index (χ3v) is 4.92. The van der Waals surface area contributed by atoms with Gasteiger partial charge in [0.1, 0.15) is 0 Å². The predicted octanol–water partition coefficient (Wildman–Crippen LogP) is 2.12. The molecule has 10 heteroatoms. The van der Waals surface area contributed by atoms with E-state index in [1.807, 2.05) is 24.3 Å². The lowest BCUT2D eigenvalue weighted by molar-refractivity contribution is 0.0201. The van der Waals surface area contributed by atoms with Crippen LogP contribution in [0.5, 0.6) is 0 Å². The minimum Gasteiger partial charge on any atom is -0.411 e. The first-order valence-corrected chi connectivity index (χ1v) is 10.7. The van der Waals surface area contributed by atoms with Crippen molar-refractivity contribution in [1.29, 1.82) is 5.41 Å². The van der Waals surface area contributed by atoms with E-state index < -0.39 is 22.0 Å². The van der Waals surface area contributed by atoms with Gasteiger partial charge in [-0.25, -0.2) is 0 Å². The molecular weight excluding hydrogens is 408 g/mol. The SMILES string of the molecule is CS(=O)(=O)ON(C(=N)N)C(=O)c1cccc(C2=C(/C=N/O)CCc3ccccc32)c1. The molecule has 0 aromatic heterocycles. The number of benzene rings is 2. The minimum absolute atomic E-state index is 0.0715. The highest BCUT2D eigenvalue weighted by Gasteiger charge is 2.26. The molecule has 0 heterocycles. The minimum atomic E-state index is -4.08. The topological polar surface area (TPSA) is 146 Å². The van der Waals surface area contributed by atoms with Gasteiger partial charge < -0.3 is 10.9 Å². The van der Waals surface area contributed by atoms with Gasteiger partial charge in [-0.15, -0.1) is 9.35 Å². The summed E-state index contributed by atoms with van der Waals surface area (Å²) < 4.78 is 27.4. The van der Waals surface area contributed by atoms with Crippen molar-refractivity contribution in [3.63, 3.8) is 0 Å². The van der Waals surface area contributed by atoms with Gasteiger partial charge in [-0.2, -0.15) is 8.42 Å². The Morgan fingerprint density at radius 2 is 1.97 bits per heavy atom. The van der Waals surface area contributed by atoms with Crippen LogP contribution in [0.3, 0.4) is 0 Å². The molecule has 4 N–H and O–H groups in total. The lowest BCUT2D eigenvalue weighted by Gasteiger charge is -2.23. The highest BCUT2D eigenvalue weighted by atomic mass is 32.2. The highest BCUT2D eigenvalue weighted by molar-refractivity contribution is 7.85. The molecular formula is C20H20N4O5S. The molecule has 1 aliphatic rings. The number of nitrogens with one attached hydrogen (secondary N) is 1. The molecule has 1 aliphatic carbocycles. The van der Waals surface area contributed by atoms with Crippen LogP contribution in [0.15, 0.2) is 59.3 Å². The number of carbonyl (C=O) groups excluding carboxylic acids is 1. The van der Waals surface area contributed by atoms with Crippen molar-refractivity contribution < 1.29 is 22.7 Å². The summed E-state index contributed by atoms with van der Waals surface area (Å²) in [5, 5.41) is 19.9. The van der Waals surface area contributed by atoms with Gasteiger partial charge in [-0.05, 0) is 52.8 Å². The van der Waals surface area contributed by atoms with E-state index in [1.54, 1.807) is 18.2 Å². The molecule has 2 aromatic rings. The smallest absolute Gasteiger partial charge is 0.286 e. The maximum Gasteiger partial charge on any atom is 0.286 e. The van der Waals surface area contributed by atoms with E-state index in [9.17, 15) is 13.2 Å². The van der Waals surface area contributed by atoms with Crippen molar-refractivity contribution in [2.45, 2.75) is 12.8 Å². The van der Waals surface area contributed by atoms with Crippen molar-refractivity contribution in [1.82, 2.24) is 5.06 Å². The molecule has 1 amide bonds. The first-order chi connectivity index (χ1) is 14.2. The van der Waals surface area contributed by atoms with Crippen LogP contribution < -0.4 is 5.73 Å². The van der Waals surface area contributed by atoms with Crippen LogP contribution in [0, 0.1) is 5.41 Å². The van der Waals surface area contributed by atoms with E-state index in [0.29, 0.717) is 12.0 Å². The molecule has 0 radical (unpaired) electrons. The van der Waals surface area contributed by atoms with Gasteiger partial charge in [-0.3, -0.25) is 10.2 Å². The fourth-order valence-electron chi connectivity index (χ4n) is 3.33. The predicted molar refractivity (Wildman–Crippen MR) is 112 cm³/mol. The van der Waals surface area contributed by atoms with Crippen LogP contribution in [0.4, 0.5) is 0 Å². The normalized spacial score (nSPS) is 13.9. The summed E-state index contributed by atoms with van der Waals surface area (Å²) in [5.41, 5.74) is 9.70. The number of allylic oxidation sites excluding steroid dienone is 1. The van der Waals surface area contributed by atoms with Crippen molar-refractivity contribution in [3.8, 4) is 0 Å². The number of oxime groups is 1. The number of fused-ring (bicyclic) bond motifs is 1. The summed E-state index contributed by atoms with van der Waals surface area (Å²) in [7, 11) is -4.08. The number of carbonyl (C=O) groups is 1. The third-order valence-electron chi connectivity index (χ3n) is 4.50. The summed E-state index contributed by atoms with van der Waals surface area (Å²) in [5.74, 6) is -1.77. The quantitative estimate of drug-likeness (QED) is 0.288. The zero-order valence-corrected chi connectivity index (χ0v) is 16.9. The van der Waals surface area contributed by atoms with E-state index in [-0.39, 0.29) is 10.6 Å². The molecule has 3 rings (SSSR count). The number of hydrogen-bond acceptors (Lipinski definition) is 7. The monoisotopic (exact) mass is 428 g/mol. The first kappa shape index (κ1) is 21.2. The molecule has 0 bridgehead atoms. The number of nitrogens with zero attached hydrogens (tertiary/aromatic N) is 2. The Balaban J connectivity index is 2.10. The number of aryl methyl sites for hydroxylation is 1. The van der Waals surface area contributed by atoms with Gasteiger partial charge in [0.25, 0.3) is 16.0 Å². The second-order valence-corrected chi connectivity index (χ2v) is 8.20. The van der Waals surface area contributed by atoms with Gasteiger partial charge in [0.15, 0.2) is 0 Å². The fourth-order valence-corrected chi connectivity index (χ4v) is 3.75. The highest BCUT2D eigenvalue weighted by Crippen LogP contribution is 2.35. The van der Waals surface area contributed by atoms with Gasteiger partial charge >= 0.3 is 0 Å². The summed E-state index contributed by atoms with van der Waals surface area (Å²) in [6.07, 6.45) is 3.54. The summed E-state index contributed by atoms with van der Waals surface area (Å²) in [6.45, 7) is 0. The first-order valence-electron chi connectivity index (χ1n) is 8.88. The Morgan fingerprint density at radius 1 is 1.23 bits per heavy atom. The van der Waals surface area contributed by atoms with E-state index in [4.69, 9.17) is 16.4 Å². The van der Waals surface area contributed by atoms with Crippen molar-refractivity contribution >= 4 is 33.8 Å². The van der Waals surface area contributed by atoms with Crippen molar-refractivity contribution in [2.75, 3.05) is 6.26 Å². The van der Waals surface area contributed by atoms with Crippen LogP contribution in [-0.2, 0) is 20.8 Å². The largest absolute Gasteiger partial charge is 0.411 e. The molecule has 156 valence electrons. The van der Waals surface area contributed by atoms with Gasteiger partial charge in [0, 0.05) is 5.56 Å². The van der Waals surface area contributed by atoms with E-state index in [0.717, 1.165) is 34.9 Å². The summed E-state index contributed by atoms with van der Waals surface area (Å²) >= 11 is 0. The van der Waals surface area contributed by atoms with Gasteiger partial charge in [0.2, 0.25) is 5.96 Å². The summed E-state index contributed by atoms with van der Waals surface area (Å²) in [6, 6.07) is 14.2. The molecule has 0 saturated heterocycles. The average molecular weight is 428 g/mol. The molecule has 0 aliphatic heterocycles. The zero-order chi connectivity index (χ0) is 21.9. The fraction of sp³-hybridized carbons (Fsp3) is 0.150. The second kappa shape index (κ2) is 8.47. The average Bonchev–Trinajstić information content (AvgIpc) is 2.71. The molecule has 0 spiro atoms. The number of rotatable bonds is 5. The lowest BCUT2D eigenvalue weighted by atomic mass is 9.82. The van der Waals surface area contributed by atoms with Gasteiger partial charge in [0.05, 0.1) is 12.5 Å². The molecule has 30 heavy (non-hydrogen) atoms. The van der Waals surface area contributed by atoms with Crippen molar-refractivity contribution in [3.05, 3.63) is 76.4 Å². The third kappa shape index (κ3) is 4.56. The number of amides is 1. The van der Waals surface area contributed by atoms with Gasteiger partial charge in [-0.1, -0.05) is 41.6 Å². The maximum absolute atomic E-state index is 12.8. The number of hydrogen-bond donors (Lipinski definition) is 3. The molecule has 9 nitrogen and oxygen atoms in total. The van der Waals surface area contributed by atoms with E-state index in [1.165, 1.54) is 12.3 Å². The molecule has 0 unspecified atom stereocenters. The number of nitrogens with two attached hydrogens (primary N) is 1. The summed E-state index contributed by atoms with van der Waals surface area (Å²) in [4.78, 5) is 12.8.